The van der Waals surface area contributed by atoms with Gasteiger partial charge in [-0.1, -0.05) is 0 Å². The van der Waals surface area contributed by atoms with Crippen LogP contribution in [0.25, 0.3) is 0 Å². The molecular weight excluding hydrogens is 248 g/mol. The fraction of sp³-hybridized carbons (Fsp3) is 0.615. The van der Waals surface area contributed by atoms with Crippen LogP contribution in [0.2, 0.25) is 0 Å². The van der Waals surface area contributed by atoms with Crippen LogP contribution < -0.4 is 10.6 Å². The number of ether oxygens (including phenoxy) is 1. The molecule has 6 nitrogen and oxygen atoms in total. The van der Waals surface area contributed by atoms with Crippen LogP contribution in [0, 0.1) is 0 Å². The maximum Gasteiger partial charge on any atom is 0.234 e. The predicted octanol–water partition coefficient (Wildman–Crippen LogP) is 0.0253. The van der Waals surface area contributed by atoms with E-state index < -0.39 is 6.10 Å². The normalized spacial score (nSPS) is 16.3. The van der Waals surface area contributed by atoms with Gasteiger partial charge in [-0.15, -0.1) is 0 Å². The van der Waals surface area contributed by atoms with Gasteiger partial charge in [-0.05, 0) is 25.0 Å². The third-order valence-electron chi connectivity index (χ3n) is 2.74. The first-order valence-corrected chi connectivity index (χ1v) is 6.52. The smallest absolute Gasteiger partial charge is 0.234 e. The number of aliphatic hydroxyl groups excluding tert-OH is 1. The monoisotopic (exact) mass is 268 g/mol. The van der Waals surface area contributed by atoms with Crippen molar-refractivity contribution in [1.82, 2.24) is 10.6 Å². The summed E-state index contributed by atoms with van der Waals surface area (Å²) in [5.41, 5.74) is 0. The molecular formula is C13H20N2O4. The second-order valence-corrected chi connectivity index (χ2v) is 4.72. The zero-order chi connectivity index (χ0) is 13.5. The fourth-order valence-corrected chi connectivity index (χ4v) is 1.61. The molecule has 1 aromatic heterocycles. The average molecular weight is 268 g/mol. The van der Waals surface area contributed by atoms with Gasteiger partial charge in [0.1, 0.15) is 12.4 Å². The van der Waals surface area contributed by atoms with Gasteiger partial charge < -0.3 is 24.9 Å². The third kappa shape index (κ3) is 5.87. The molecule has 6 heteroatoms. The maximum atomic E-state index is 11.3. The Balaban J connectivity index is 1.47. The largest absolute Gasteiger partial charge is 0.467 e. The predicted molar refractivity (Wildman–Crippen MR) is 68.4 cm³/mol. The number of carbonyl (C=O) groups is 1. The van der Waals surface area contributed by atoms with Crippen molar-refractivity contribution in [1.29, 1.82) is 0 Å². The van der Waals surface area contributed by atoms with E-state index in [1.54, 1.807) is 12.3 Å². The summed E-state index contributed by atoms with van der Waals surface area (Å²) in [6, 6.07) is 3.97. The van der Waals surface area contributed by atoms with Gasteiger partial charge in [0.15, 0.2) is 0 Å². The zero-order valence-corrected chi connectivity index (χ0v) is 10.8. The van der Waals surface area contributed by atoms with Crippen molar-refractivity contribution >= 4 is 5.91 Å². The topological polar surface area (TPSA) is 83.7 Å². The Labute approximate surface area is 112 Å². The minimum Gasteiger partial charge on any atom is -0.467 e. The molecule has 1 aliphatic rings. The van der Waals surface area contributed by atoms with Crippen LogP contribution >= 0.6 is 0 Å². The van der Waals surface area contributed by atoms with Crippen molar-refractivity contribution in [2.45, 2.75) is 31.6 Å². The lowest BCUT2D eigenvalue weighted by molar-refractivity contribution is -0.120. The molecule has 0 saturated heterocycles. The first-order valence-electron chi connectivity index (χ1n) is 6.52. The highest BCUT2D eigenvalue weighted by Crippen LogP contribution is 2.18. The van der Waals surface area contributed by atoms with Gasteiger partial charge in [-0.2, -0.15) is 0 Å². The lowest BCUT2D eigenvalue weighted by Crippen LogP contribution is -2.39. The number of nitrogens with one attached hydrogen (secondary N) is 2. The quantitative estimate of drug-likeness (QED) is 0.588. The Kier molecular flexibility index (Phi) is 5.38. The number of aliphatic hydroxyl groups is 1. The lowest BCUT2D eigenvalue weighted by atomic mass is 10.3. The molecule has 1 atom stereocenters. The first-order chi connectivity index (χ1) is 9.24. The molecule has 0 aliphatic heterocycles. The molecule has 0 bridgehead atoms. The Bertz CT molecular complexity index is 376. The molecule has 1 aliphatic carbocycles. The Morgan fingerprint density at radius 3 is 3.11 bits per heavy atom. The summed E-state index contributed by atoms with van der Waals surface area (Å²) in [7, 11) is 0. The molecule has 1 unspecified atom stereocenters. The molecule has 19 heavy (non-hydrogen) atoms. The van der Waals surface area contributed by atoms with Crippen LogP contribution in [0.4, 0.5) is 0 Å². The Morgan fingerprint density at radius 1 is 1.58 bits per heavy atom. The summed E-state index contributed by atoms with van der Waals surface area (Å²) >= 11 is 0. The second-order valence-electron chi connectivity index (χ2n) is 4.72. The highest BCUT2D eigenvalue weighted by molar-refractivity contribution is 5.78. The summed E-state index contributed by atoms with van der Waals surface area (Å²) in [6.45, 7) is 1.10. The molecule has 1 saturated carbocycles. The van der Waals surface area contributed by atoms with Gasteiger partial charge in [-0.3, -0.25) is 4.79 Å². The summed E-state index contributed by atoms with van der Waals surface area (Å²) in [5, 5.41) is 15.4. The van der Waals surface area contributed by atoms with Crippen molar-refractivity contribution in [2.75, 3.05) is 19.7 Å². The van der Waals surface area contributed by atoms with Gasteiger partial charge in [0.05, 0.1) is 25.5 Å². The number of amides is 1. The number of furan rings is 1. The van der Waals surface area contributed by atoms with E-state index in [0.29, 0.717) is 19.2 Å². The van der Waals surface area contributed by atoms with Crippen LogP contribution in [-0.4, -0.2) is 42.9 Å². The van der Waals surface area contributed by atoms with E-state index in [-0.39, 0.29) is 19.1 Å². The van der Waals surface area contributed by atoms with Gasteiger partial charge in [0, 0.05) is 12.6 Å². The molecule has 1 amide bonds. The molecule has 0 radical (unpaired) electrons. The number of hydrogen-bond acceptors (Lipinski definition) is 5. The Hall–Kier alpha value is -1.37. The van der Waals surface area contributed by atoms with Crippen molar-refractivity contribution in [3.05, 3.63) is 24.2 Å². The molecule has 2 rings (SSSR count). The van der Waals surface area contributed by atoms with Crippen LogP contribution in [-0.2, 0) is 16.1 Å². The highest BCUT2D eigenvalue weighted by Gasteiger charge is 2.22. The van der Waals surface area contributed by atoms with E-state index in [4.69, 9.17) is 9.15 Å². The van der Waals surface area contributed by atoms with Crippen molar-refractivity contribution in [3.63, 3.8) is 0 Å². The molecule has 0 aromatic carbocycles. The number of rotatable bonds is 9. The minimum absolute atomic E-state index is 0.0220. The molecule has 106 valence electrons. The molecule has 1 heterocycles. The van der Waals surface area contributed by atoms with E-state index in [0.717, 1.165) is 18.6 Å². The summed E-state index contributed by atoms with van der Waals surface area (Å²) in [6.07, 6.45) is 3.10. The van der Waals surface area contributed by atoms with Gasteiger partial charge >= 0.3 is 0 Å². The van der Waals surface area contributed by atoms with Gasteiger partial charge in [-0.25, -0.2) is 0 Å². The van der Waals surface area contributed by atoms with E-state index in [1.165, 1.54) is 0 Å². The van der Waals surface area contributed by atoms with Crippen molar-refractivity contribution < 1.29 is 19.1 Å². The summed E-state index contributed by atoms with van der Waals surface area (Å²) < 4.78 is 10.4. The van der Waals surface area contributed by atoms with Crippen molar-refractivity contribution in [3.8, 4) is 0 Å². The van der Waals surface area contributed by atoms with Crippen LogP contribution in [0.3, 0.4) is 0 Å². The van der Waals surface area contributed by atoms with E-state index in [9.17, 15) is 9.90 Å². The third-order valence-corrected chi connectivity index (χ3v) is 2.74. The minimum atomic E-state index is -0.635. The summed E-state index contributed by atoms with van der Waals surface area (Å²) in [5.74, 6) is 0.704. The zero-order valence-electron chi connectivity index (χ0n) is 10.8. The average Bonchev–Trinajstić information content (AvgIpc) is 3.03. The van der Waals surface area contributed by atoms with E-state index >= 15 is 0 Å². The molecule has 1 fully saturated rings. The SMILES string of the molecule is O=C(CNCC(O)COCc1ccco1)NC1CC1. The standard InChI is InChI=1S/C13H20N2O4/c16-11(8-18-9-12-2-1-5-19-12)6-14-7-13(17)15-10-3-4-10/h1-2,5,10-11,14,16H,3-4,6-9H2,(H,15,17). The van der Waals surface area contributed by atoms with Crippen molar-refractivity contribution in [2.24, 2.45) is 0 Å². The first kappa shape index (κ1) is 14.0. The van der Waals surface area contributed by atoms with Crippen LogP contribution in [0.1, 0.15) is 18.6 Å². The lowest BCUT2D eigenvalue weighted by Gasteiger charge is -2.11. The molecule has 0 spiro atoms. The van der Waals surface area contributed by atoms with Crippen LogP contribution in [0.5, 0.6) is 0 Å². The fourth-order valence-electron chi connectivity index (χ4n) is 1.61. The Morgan fingerprint density at radius 2 is 2.42 bits per heavy atom. The number of hydrogen-bond donors (Lipinski definition) is 3. The molecule has 1 aromatic rings. The van der Waals surface area contributed by atoms with E-state index in [1.807, 2.05) is 6.07 Å². The van der Waals surface area contributed by atoms with Crippen LogP contribution in [0.15, 0.2) is 22.8 Å². The van der Waals surface area contributed by atoms with Gasteiger partial charge in [0.2, 0.25) is 5.91 Å². The molecule has 3 N–H and O–H groups in total. The number of carbonyl (C=O) groups excluding carboxylic acids is 1. The van der Waals surface area contributed by atoms with E-state index in [2.05, 4.69) is 10.6 Å². The summed E-state index contributed by atoms with van der Waals surface area (Å²) in [4.78, 5) is 11.3. The maximum absolute atomic E-state index is 11.3. The highest BCUT2D eigenvalue weighted by atomic mass is 16.5. The second kappa shape index (κ2) is 7.28. The van der Waals surface area contributed by atoms with Gasteiger partial charge in [0.25, 0.3) is 0 Å².